The lowest BCUT2D eigenvalue weighted by molar-refractivity contribution is 0.217. The first-order valence-corrected chi connectivity index (χ1v) is 8.11. The van der Waals surface area contributed by atoms with Gasteiger partial charge in [-0.15, -0.1) is 0 Å². The SMILES string of the molecule is CCC(N=C1NC=NC(N)(C(CC)C2CC2)N1)C1CC1. The summed E-state index contributed by atoms with van der Waals surface area (Å²) in [4.78, 5) is 9.32. The number of hydrogen-bond acceptors (Lipinski definition) is 3. The summed E-state index contributed by atoms with van der Waals surface area (Å²) in [5, 5.41) is 6.50. The summed E-state index contributed by atoms with van der Waals surface area (Å²) in [5.74, 6) is 2.02. The van der Waals surface area contributed by atoms with Crippen LogP contribution in [0.2, 0.25) is 0 Å². The van der Waals surface area contributed by atoms with Crippen LogP contribution in [0.1, 0.15) is 52.4 Å². The van der Waals surface area contributed by atoms with Crippen LogP contribution in [0.15, 0.2) is 9.98 Å². The summed E-state index contributed by atoms with van der Waals surface area (Å²) < 4.78 is 0. The Hall–Kier alpha value is -1.10. The fraction of sp³-hybridized carbons (Fsp3) is 0.867. The number of hydrogen-bond donors (Lipinski definition) is 3. The van der Waals surface area contributed by atoms with E-state index in [9.17, 15) is 0 Å². The Bertz CT molecular complexity index is 410. The molecule has 0 bridgehead atoms. The van der Waals surface area contributed by atoms with Crippen molar-refractivity contribution in [1.29, 1.82) is 0 Å². The van der Waals surface area contributed by atoms with Crippen LogP contribution in [0.5, 0.6) is 0 Å². The zero-order chi connectivity index (χ0) is 14.2. The number of aliphatic imine (C=N–C) groups is 2. The van der Waals surface area contributed by atoms with Gasteiger partial charge in [0.05, 0.1) is 12.4 Å². The Balaban J connectivity index is 1.73. The third-order valence-corrected chi connectivity index (χ3v) is 4.87. The zero-order valence-electron chi connectivity index (χ0n) is 12.6. The van der Waals surface area contributed by atoms with Gasteiger partial charge in [0, 0.05) is 5.92 Å². The first-order valence-electron chi connectivity index (χ1n) is 8.11. The molecule has 5 heteroatoms. The second-order valence-electron chi connectivity index (χ2n) is 6.50. The summed E-state index contributed by atoms with van der Waals surface area (Å²) in [6.07, 6.45) is 9.07. The Labute approximate surface area is 121 Å². The van der Waals surface area contributed by atoms with Crippen LogP contribution in [0.3, 0.4) is 0 Å². The highest BCUT2D eigenvalue weighted by Crippen LogP contribution is 2.43. The fourth-order valence-electron chi connectivity index (χ4n) is 3.40. The average Bonchev–Trinajstić information content (AvgIpc) is 3.27. The van der Waals surface area contributed by atoms with Gasteiger partial charge in [0.1, 0.15) is 0 Å². The van der Waals surface area contributed by atoms with Gasteiger partial charge in [-0.3, -0.25) is 5.73 Å². The minimum Gasteiger partial charge on any atom is -0.319 e. The molecule has 0 amide bonds. The maximum Gasteiger partial charge on any atom is 0.199 e. The van der Waals surface area contributed by atoms with Gasteiger partial charge in [-0.1, -0.05) is 13.8 Å². The second-order valence-corrected chi connectivity index (χ2v) is 6.50. The molecule has 0 radical (unpaired) electrons. The molecular formula is C15H27N5. The first kappa shape index (κ1) is 13.9. The summed E-state index contributed by atoms with van der Waals surface area (Å²) in [6.45, 7) is 4.41. The maximum atomic E-state index is 6.52. The van der Waals surface area contributed by atoms with E-state index in [4.69, 9.17) is 10.7 Å². The maximum absolute atomic E-state index is 6.52. The van der Waals surface area contributed by atoms with Crippen molar-refractivity contribution < 1.29 is 0 Å². The van der Waals surface area contributed by atoms with Crippen molar-refractivity contribution in [3.05, 3.63) is 0 Å². The highest BCUT2D eigenvalue weighted by Gasteiger charge is 2.45. The van der Waals surface area contributed by atoms with Gasteiger partial charge in [0.25, 0.3) is 0 Å². The summed E-state index contributed by atoms with van der Waals surface area (Å²) >= 11 is 0. The molecule has 0 spiro atoms. The lowest BCUT2D eigenvalue weighted by Gasteiger charge is -2.38. The van der Waals surface area contributed by atoms with Crippen molar-refractivity contribution in [3.8, 4) is 0 Å². The van der Waals surface area contributed by atoms with Crippen molar-refractivity contribution in [2.24, 2.45) is 33.5 Å². The van der Waals surface area contributed by atoms with Gasteiger partial charge >= 0.3 is 0 Å². The molecule has 1 heterocycles. The van der Waals surface area contributed by atoms with Gasteiger partial charge < -0.3 is 10.6 Å². The lowest BCUT2D eigenvalue weighted by Crippen LogP contribution is -2.65. The van der Waals surface area contributed by atoms with E-state index in [1.165, 1.54) is 25.7 Å². The highest BCUT2D eigenvalue weighted by atomic mass is 15.4. The molecule has 3 unspecified atom stereocenters. The van der Waals surface area contributed by atoms with E-state index in [-0.39, 0.29) is 0 Å². The number of nitrogens with zero attached hydrogens (tertiary/aromatic N) is 2. The van der Waals surface area contributed by atoms with E-state index >= 15 is 0 Å². The van der Waals surface area contributed by atoms with Crippen LogP contribution in [0, 0.1) is 17.8 Å². The van der Waals surface area contributed by atoms with Crippen molar-refractivity contribution >= 4 is 12.3 Å². The minimum absolute atomic E-state index is 0.395. The predicted octanol–water partition coefficient (Wildman–Crippen LogP) is 1.80. The fourth-order valence-corrected chi connectivity index (χ4v) is 3.40. The molecular weight excluding hydrogens is 250 g/mol. The van der Waals surface area contributed by atoms with Gasteiger partial charge in [-0.25, -0.2) is 9.98 Å². The van der Waals surface area contributed by atoms with E-state index in [1.54, 1.807) is 6.34 Å². The summed E-state index contributed by atoms with van der Waals surface area (Å²) in [7, 11) is 0. The van der Waals surface area contributed by atoms with E-state index in [0.717, 1.165) is 30.6 Å². The number of guanidine groups is 1. The molecule has 2 fully saturated rings. The molecule has 3 atom stereocenters. The average molecular weight is 277 g/mol. The van der Waals surface area contributed by atoms with Crippen molar-refractivity contribution in [3.63, 3.8) is 0 Å². The third kappa shape index (κ3) is 2.82. The van der Waals surface area contributed by atoms with E-state index in [2.05, 4.69) is 29.5 Å². The quantitative estimate of drug-likeness (QED) is 0.693. The Kier molecular flexibility index (Phi) is 3.71. The van der Waals surface area contributed by atoms with Crippen LogP contribution >= 0.6 is 0 Å². The Morgan fingerprint density at radius 3 is 2.55 bits per heavy atom. The van der Waals surface area contributed by atoms with Gasteiger partial charge in [0.2, 0.25) is 0 Å². The molecule has 2 aliphatic carbocycles. The van der Waals surface area contributed by atoms with Gasteiger partial charge in [0.15, 0.2) is 11.7 Å². The van der Waals surface area contributed by atoms with Crippen LogP contribution in [0.4, 0.5) is 0 Å². The van der Waals surface area contributed by atoms with Crippen molar-refractivity contribution in [1.82, 2.24) is 10.6 Å². The molecule has 0 saturated heterocycles. The number of nitrogens with two attached hydrogens (primary N) is 1. The lowest BCUT2D eigenvalue weighted by atomic mass is 9.92. The molecule has 20 heavy (non-hydrogen) atoms. The molecule has 0 aromatic heterocycles. The second kappa shape index (κ2) is 5.35. The molecule has 0 aromatic rings. The molecule has 5 nitrogen and oxygen atoms in total. The van der Waals surface area contributed by atoms with E-state index in [1.807, 2.05) is 0 Å². The molecule has 0 aromatic carbocycles. The van der Waals surface area contributed by atoms with Crippen LogP contribution in [-0.2, 0) is 0 Å². The van der Waals surface area contributed by atoms with E-state index in [0.29, 0.717) is 12.0 Å². The minimum atomic E-state index is -0.679. The van der Waals surface area contributed by atoms with Gasteiger partial charge in [-0.05, 0) is 50.4 Å². The molecule has 1 aliphatic heterocycles. The standard InChI is InChI=1S/C15H27N5/c1-3-12(10-5-6-10)15(16)18-9-17-14(20-15)19-13(4-2)11-7-8-11/h9-13H,3-8,16H2,1-2H3,(H2,17,18,19,20). The predicted molar refractivity (Wildman–Crippen MR) is 82.4 cm³/mol. The van der Waals surface area contributed by atoms with Gasteiger partial charge in [-0.2, -0.15) is 0 Å². The summed E-state index contributed by atoms with van der Waals surface area (Å²) in [6, 6.07) is 0.418. The molecule has 3 rings (SSSR count). The normalized spacial score (nSPS) is 34.5. The van der Waals surface area contributed by atoms with Crippen LogP contribution < -0.4 is 16.4 Å². The molecule has 4 N–H and O–H groups in total. The zero-order valence-corrected chi connectivity index (χ0v) is 12.6. The topological polar surface area (TPSA) is 74.8 Å². The monoisotopic (exact) mass is 277 g/mol. The Morgan fingerprint density at radius 2 is 2.00 bits per heavy atom. The van der Waals surface area contributed by atoms with E-state index < -0.39 is 5.79 Å². The third-order valence-electron chi connectivity index (χ3n) is 4.87. The largest absolute Gasteiger partial charge is 0.319 e. The van der Waals surface area contributed by atoms with Crippen LogP contribution in [-0.4, -0.2) is 24.1 Å². The first-order chi connectivity index (χ1) is 9.66. The Morgan fingerprint density at radius 1 is 1.30 bits per heavy atom. The van der Waals surface area contributed by atoms with Crippen LogP contribution in [0.25, 0.3) is 0 Å². The smallest absolute Gasteiger partial charge is 0.199 e. The number of rotatable bonds is 6. The van der Waals surface area contributed by atoms with Crippen molar-refractivity contribution in [2.75, 3.05) is 0 Å². The summed E-state index contributed by atoms with van der Waals surface area (Å²) in [5.41, 5.74) is 6.52. The molecule has 2 saturated carbocycles. The molecule has 112 valence electrons. The number of nitrogens with one attached hydrogen (secondary N) is 2. The molecule has 3 aliphatic rings. The highest BCUT2D eigenvalue weighted by molar-refractivity contribution is 5.92. The van der Waals surface area contributed by atoms with Crippen molar-refractivity contribution in [2.45, 2.75) is 64.2 Å².